The van der Waals surface area contributed by atoms with E-state index in [0.29, 0.717) is 13.0 Å². The summed E-state index contributed by atoms with van der Waals surface area (Å²) in [5, 5.41) is 0. The second-order valence-corrected chi connectivity index (χ2v) is 6.49. The molecule has 0 N–H and O–H groups in total. The maximum absolute atomic E-state index is 11.2. The largest absolute Gasteiger partial charge is 0.466 e. The molecule has 0 atom stereocenters. The minimum atomic E-state index is -0.0437. The molecule has 0 unspecified atom stereocenters. The molecule has 0 bridgehead atoms. The molecule has 0 heterocycles. The summed E-state index contributed by atoms with van der Waals surface area (Å²) in [7, 11) is 0. The fourth-order valence-electron chi connectivity index (χ4n) is 2.75. The fourth-order valence-corrected chi connectivity index (χ4v) is 2.75. The molecular weight excluding hydrogens is 284 g/mol. The van der Waals surface area contributed by atoms with Crippen molar-refractivity contribution < 1.29 is 9.53 Å². The Morgan fingerprint density at radius 1 is 0.696 bits per heavy atom. The van der Waals surface area contributed by atoms with Crippen molar-refractivity contribution in [3.8, 4) is 0 Å². The Bertz CT molecular complexity index is 271. The highest BCUT2D eigenvalue weighted by atomic mass is 16.5. The molecule has 0 rings (SSSR count). The van der Waals surface area contributed by atoms with E-state index >= 15 is 0 Å². The number of hydrogen-bond donors (Lipinski definition) is 0. The van der Waals surface area contributed by atoms with E-state index in [2.05, 4.69) is 19.1 Å². The van der Waals surface area contributed by atoms with Gasteiger partial charge in [-0.15, -0.1) is 0 Å². The summed E-state index contributed by atoms with van der Waals surface area (Å²) in [5.74, 6) is -0.0437. The number of allylic oxidation sites excluding steroid dienone is 2. The Hall–Kier alpha value is -0.790. The quantitative estimate of drug-likeness (QED) is 0.164. The zero-order chi connectivity index (χ0) is 17.0. The molecule has 0 aliphatic rings. The lowest BCUT2D eigenvalue weighted by Gasteiger charge is -2.01. The number of carbonyl (C=O) groups is 1. The molecule has 2 heteroatoms. The molecule has 0 spiro atoms. The summed E-state index contributed by atoms with van der Waals surface area (Å²) in [4.78, 5) is 11.2. The van der Waals surface area contributed by atoms with Crippen LogP contribution >= 0.6 is 0 Å². The van der Waals surface area contributed by atoms with Crippen molar-refractivity contribution >= 4 is 5.97 Å². The van der Waals surface area contributed by atoms with Crippen LogP contribution in [0.3, 0.4) is 0 Å². The van der Waals surface area contributed by atoms with Gasteiger partial charge in [-0.25, -0.2) is 0 Å². The van der Waals surface area contributed by atoms with Crippen LogP contribution in [-0.4, -0.2) is 12.6 Å². The predicted molar refractivity (Wildman–Crippen MR) is 101 cm³/mol. The summed E-state index contributed by atoms with van der Waals surface area (Å²) in [6, 6.07) is 0. The molecule has 0 aromatic carbocycles. The lowest BCUT2D eigenvalue weighted by atomic mass is 10.1. The normalized spacial score (nSPS) is 11.2. The Labute approximate surface area is 145 Å². The van der Waals surface area contributed by atoms with Crippen LogP contribution in [0.25, 0.3) is 0 Å². The molecule has 0 aliphatic carbocycles. The third-order valence-electron chi connectivity index (χ3n) is 4.20. The Morgan fingerprint density at radius 2 is 1.17 bits per heavy atom. The van der Waals surface area contributed by atoms with Gasteiger partial charge in [0.15, 0.2) is 0 Å². The smallest absolute Gasteiger partial charge is 0.305 e. The number of carbonyl (C=O) groups excluding carboxylic acids is 1. The average Bonchev–Trinajstić information content (AvgIpc) is 2.54. The first kappa shape index (κ1) is 22.2. The summed E-state index contributed by atoms with van der Waals surface area (Å²) >= 11 is 0. The number of hydrogen-bond acceptors (Lipinski definition) is 2. The van der Waals surface area contributed by atoms with Gasteiger partial charge in [0, 0.05) is 6.42 Å². The standard InChI is InChI=1S/C21H40O2/c1-3-5-6-7-8-9-10-11-12-13-14-15-16-17-18-19-20-21(22)23-4-2/h13-14H,3-12,15-20H2,1-2H3. The number of esters is 1. The highest BCUT2D eigenvalue weighted by Gasteiger charge is 1.99. The van der Waals surface area contributed by atoms with Gasteiger partial charge in [0.1, 0.15) is 0 Å². The molecule has 23 heavy (non-hydrogen) atoms. The number of unbranched alkanes of at least 4 members (excludes halogenated alkanes) is 12. The maximum Gasteiger partial charge on any atom is 0.305 e. The van der Waals surface area contributed by atoms with E-state index < -0.39 is 0 Å². The Kier molecular flexibility index (Phi) is 18.6. The summed E-state index contributed by atoms with van der Waals surface area (Å²) < 4.78 is 4.92. The van der Waals surface area contributed by atoms with Crippen LogP contribution in [0.4, 0.5) is 0 Å². The third kappa shape index (κ3) is 19.2. The molecule has 0 amide bonds. The van der Waals surface area contributed by atoms with Crippen LogP contribution in [0.15, 0.2) is 12.2 Å². The van der Waals surface area contributed by atoms with Crippen LogP contribution < -0.4 is 0 Å². The number of ether oxygens (including phenoxy) is 1. The van der Waals surface area contributed by atoms with Gasteiger partial charge in [0.2, 0.25) is 0 Å². The molecular formula is C21H40O2. The van der Waals surface area contributed by atoms with Gasteiger partial charge >= 0.3 is 5.97 Å². The molecule has 0 aromatic rings. The van der Waals surface area contributed by atoms with Crippen molar-refractivity contribution in [3.63, 3.8) is 0 Å². The van der Waals surface area contributed by atoms with E-state index in [4.69, 9.17) is 4.74 Å². The Balaban J connectivity index is 3.13. The maximum atomic E-state index is 11.2. The van der Waals surface area contributed by atoms with E-state index in [1.165, 1.54) is 77.0 Å². The third-order valence-corrected chi connectivity index (χ3v) is 4.20. The SMILES string of the molecule is CCCCCCCCCCC=CCCCCCCC(=O)OCC. The lowest BCUT2D eigenvalue weighted by molar-refractivity contribution is -0.143. The van der Waals surface area contributed by atoms with Crippen molar-refractivity contribution in [1.82, 2.24) is 0 Å². The Morgan fingerprint density at radius 3 is 1.70 bits per heavy atom. The van der Waals surface area contributed by atoms with E-state index in [0.717, 1.165) is 12.8 Å². The van der Waals surface area contributed by atoms with Gasteiger partial charge in [-0.05, 0) is 39.0 Å². The van der Waals surface area contributed by atoms with Crippen molar-refractivity contribution in [3.05, 3.63) is 12.2 Å². The van der Waals surface area contributed by atoms with E-state index in [-0.39, 0.29) is 5.97 Å². The van der Waals surface area contributed by atoms with Crippen molar-refractivity contribution in [2.45, 2.75) is 110 Å². The van der Waals surface area contributed by atoms with Crippen molar-refractivity contribution in [2.75, 3.05) is 6.61 Å². The number of rotatable bonds is 17. The van der Waals surface area contributed by atoms with Gasteiger partial charge in [-0.1, -0.05) is 76.9 Å². The predicted octanol–water partition coefficient (Wildman–Crippen LogP) is 6.98. The fraction of sp³-hybridized carbons (Fsp3) is 0.857. The van der Waals surface area contributed by atoms with E-state index in [1.54, 1.807) is 0 Å². The van der Waals surface area contributed by atoms with Crippen LogP contribution in [0.5, 0.6) is 0 Å². The molecule has 0 aromatic heterocycles. The second-order valence-electron chi connectivity index (χ2n) is 6.49. The van der Waals surface area contributed by atoms with Gasteiger partial charge in [-0.3, -0.25) is 4.79 Å². The summed E-state index contributed by atoms with van der Waals surface area (Å²) in [5.41, 5.74) is 0. The topological polar surface area (TPSA) is 26.3 Å². The van der Waals surface area contributed by atoms with Gasteiger partial charge in [0.25, 0.3) is 0 Å². The summed E-state index contributed by atoms with van der Waals surface area (Å²) in [6.45, 7) is 4.64. The van der Waals surface area contributed by atoms with Crippen molar-refractivity contribution in [2.24, 2.45) is 0 Å². The van der Waals surface area contributed by atoms with Crippen LogP contribution in [0.2, 0.25) is 0 Å². The van der Waals surface area contributed by atoms with Crippen LogP contribution in [-0.2, 0) is 9.53 Å². The monoisotopic (exact) mass is 324 g/mol. The second kappa shape index (κ2) is 19.3. The molecule has 0 aliphatic heterocycles. The molecule has 0 radical (unpaired) electrons. The van der Waals surface area contributed by atoms with Crippen LogP contribution in [0.1, 0.15) is 110 Å². The minimum Gasteiger partial charge on any atom is -0.466 e. The van der Waals surface area contributed by atoms with Gasteiger partial charge < -0.3 is 4.74 Å². The highest BCUT2D eigenvalue weighted by molar-refractivity contribution is 5.69. The molecule has 2 nitrogen and oxygen atoms in total. The molecule has 136 valence electrons. The first-order chi connectivity index (χ1) is 11.3. The zero-order valence-electron chi connectivity index (χ0n) is 15.8. The first-order valence-corrected chi connectivity index (χ1v) is 10.1. The average molecular weight is 325 g/mol. The highest BCUT2D eigenvalue weighted by Crippen LogP contribution is 2.10. The van der Waals surface area contributed by atoms with Gasteiger partial charge in [-0.2, -0.15) is 0 Å². The minimum absolute atomic E-state index is 0.0437. The van der Waals surface area contributed by atoms with E-state index in [1.807, 2.05) is 6.92 Å². The van der Waals surface area contributed by atoms with Gasteiger partial charge in [0.05, 0.1) is 6.61 Å². The summed E-state index contributed by atoms with van der Waals surface area (Å²) in [6.07, 6.45) is 23.5. The first-order valence-electron chi connectivity index (χ1n) is 10.1. The van der Waals surface area contributed by atoms with Crippen molar-refractivity contribution in [1.29, 1.82) is 0 Å². The molecule has 0 saturated heterocycles. The molecule has 0 fully saturated rings. The zero-order valence-corrected chi connectivity index (χ0v) is 15.8. The van der Waals surface area contributed by atoms with E-state index in [9.17, 15) is 4.79 Å². The molecule has 0 saturated carbocycles. The van der Waals surface area contributed by atoms with Crippen LogP contribution in [0, 0.1) is 0 Å². The lowest BCUT2D eigenvalue weighted by Crippen LogP contribution is -2.02.